The van der Waals surface area contributed by atoms with Crippen molar-refractivity contribution in [3.05, 3.63) is 0 Å². The predicted octanol–water partition coefficient (Wildman–Crippen LogP) is 0.232. The number of amides is 1. The van der Waals surface area contributed by atoms with E-state index in [1.807, 2.05) is 4.90 Å². The molecular weight excluding hydrogens is 192 g/mol. The Bertz CT molecular complexity index is 239. The van der Waals surface area contributed by atoms with Crippen LogP contribution in [0.2, 0.25) is 0 Å². The fraction of sp³-hybridized carbons (Fsp3) is 0.909. The van der Waals surface area contributed by atoms with Gasteiger partial charge in [-0.25, -0.2) is 0 Å². The molecule has 0 radical (unpaired) electrons. The molecule has 0 aliphatic carbocycles. The number of carbonyl (C=O) groups is 1. The van der Waals surface area contributed by atoms with Gasteiger partial charge in [-0.2, -0.15) is 0 Å². The molecule has 0 bridgehead atoms. The SMILES string of the molecule is CC1CN(C(=O)C2CCOC2)C(C)CN1. The summed E-state index contributed by atoms with van der Waals surface area (Å²) < 4.78 is 5.27. The average Bonchev–Trinajstić information content (AvgIpc) is 2.74. The van der Waals surface area contributed by atoms with Crippen LogP contribution in [0.1, 0.15) is 20.3 Å². The third kappa shape index (κ3) is 2.32. The molecule has 0 aromatic heterocycles. The van der Waals surface area contributed by atoms with Gasteiger partial charge in [-0.3, -0.25) is 4.79 Å². The van der Waals surface area contributed by atoms with E-state index < -0.39 is 0 Å². The van der Waals surface area contributed by atoms with Gasteiger partial charge in [0, 0.05) is 31.8 Å². The van der Waals surface area contributed by atoms with Gasteiger partial charge in [0.25, 0.3) is 0 Å². The quantitative estimate of drug-likeness (QED) is 0.676. The van der Waals surface area contributed by atoms with E-state index in [9.17, 15) is 4.79 Å². The molecule has 86 valence electrons. The monoisotopic (exact) mass is 212 g/mol. The summed E-state index contributed by atoms with van der Waals surface area (Å²) in [5, 5.41) is 3.38. The van der Waals surface area contributed by atoms with Crippen LogP contribution in [0.4, 0.5) is 0 Å². The van der Waals surface area contributed by atoms with Crippen molar-refractivity contribution in [2.24, 2.45) is 5.92 Å². The Balaban J connectivity index is 1.97. The van der Waals surface area contributed by atoms with Crippen molar-refractivity contribution < 1.29 is 9.53 Å². The molecular formula is C11H20N2O2. The van der Waals surface area contributed by atoms with Crippen molar-refractivity contribution in [3.8, 4) is 0 Å². The smallest absolute Gasteiger partial charge is 0.228 e. The molecule has 3 atom stereocenters. The Labute approximate surface area is 91.0 Å². The lowest BCUT2D eigenvalue weighted by atomic mass is 10.0. The van der Waals surface area contributed by atoms with Crippen LogP contribution >= 0.6 is 0 Å². The molecule has 2 saturated heterocycles. The zero-order chi connectivity index (χ0) is 10.8. The van der Waals surface area contributed by atoms with Crippen LogP contribution in [-0.4, -0.2) is 49.2 Å². The molecule has 0 spiro atoms. The van der Waals surface area contributed by atoms with E-state index in [0.29, 0.717) is 18.7 Å². The van der Waals surface area contributed by atoms with Crippen molar-refractivity contribution in [3.63, 3.8) is 0 Å². The normalized spacial score (nSPS) is 36.9. The third-order valence-electron chi connectivity index (χ3n) is 3.33. The number of nitrogens with one attached hydrogen (secondary N) is 1. The molecule has 2 aliphatic heterocycles. The summed E-state index contributed by atoms with van der Waals surface area (Å²) in [5.74, 6) is 0.395. The van der Waals surface area contributed by atoms with E-state index in [0.717, 1.165) is 26.1 Å². The molecule has 1 N–H and O–H groups in total. The maximum Gasteiger partial charge on any atom is 0.228 e. The first-order valence-corrected chi connectivity index (χ1v) is 5.80. The van der Waals surface area contributed by atoms with Crippen LogP contribution in [0, 0.1) is 5.92 Å². The molecule has 4 nitrogen and oxygen atoms in total. The number of piperazine rings is 1. The summed E-state index contributed by atoms with van der Waals surface area (Å²) in [6, 6.07) is 0.724. The molecule has 0 saturated carbocycles. The van der Waals surface area contributed by atoms with E-state index >= 15 is 0 Å². The van der Waals surface area contributed by atoms with Gasteiger partial charge in [0.2, 0.25) is 5.91 Å². The lowest BCUT2D eigenvalue weighted by molar-refractivity contribution is -0.139. The molecule has 0 aromatic carbocycles. The number of rotatable bonds is 1. The van der Waals surface area contributed by atoms with Gasteiger partial charge in [-0.1, -0.05) is 0 Å². The first kappa shape index (κ1) is 10.9. The summed E-state index contributed by atoms with van der Waals surface area (Å²) in [6.07, 6.45) is 0.893. The number of hydrogen-bond donors (Lipinski definition) is 1. The minimum atomic E-state index is 0.109. The van der Waals surface area contributed by atoms with Gasteiger partial charge in [0.05, 0.1) is 12.5 Å². The highest BCUT2D eigenvalue weighted by Gasteiger charge is 2.33. The maximum absolute atomic E-state index is 12.2. The minimum absolute atomic E-state index is 0.109. The topological polar surface area (TPSA) is 41.6 Å². The summed E-state index contributed by atoms with van der Waals surface area (Å²) >= 11 is 0. The fourth-order valence-electron chi connectivity index (χ4n) is 2.29. The molecule has 2 fully saturated rings. The van der Waals surface area contributed by atoms with E-state index in [1.54, 1.807) is 0 Å². The van der Waals surface area contributed by atoms with E-state index in [4.69, 9.17) is 4.74 Å². The second-order valence-electron chi connectivity index (χ2n) is 4.71. The number of nitrogens with zero attached hydrogens (tertiary/aromatic N) is 1. The lowest BCUT2D eigenvalue weighted by Gasteiger charge is -2.38. The minimum Gasteiger partial charge on any atom is -0.381 e. The average molecular weight is 212 g/mol. The number of ether oxygens (including phenoxy) is 1. The van der Waals surface area contributed by atoms with Crippen LogP contribution in [0.15, 0.2) is 0 Å². The summed E-state index contributed by atoms with van der Waals surface area (Å²) in [6.45, 7) is 7.32. The summed E-state index contributed by atoms with van der Waals surface area (Å²) in [4.78, 5) is 14.2. The molecule has 2 heterocycles. The highest BCUT2D eigenvalue weighted by molar-refractivity contribution is 5.79. The second kappa shape index (κ2) is 4.49. The van der Waals surface area contributed by atoms with Crippen LogP contribution in [0.5, 0.6) is 0 Å². The molecule has 3 unspecified atom stereocenters. The molecule has 2 rings (SSSR count). The van der Waals surface area contributed by atoms with E-state index in [2.05, 4.69) is 19.2 Å². The standard InChI is InChI=1S/C11H20N2O2/c1-8-6-13(9(2)5-12-8)11(14)10-3-4-15-7-10/h8-10,12H,3-7H2,1-2H3. The molecule has 1 amide bonds. The van der Waals surface area contributed by atoms with Gasteiger partial charge in [0.1, 0.15) is 0 Å². The van der Waals surface area contributed by atoms with Gasteiger partial charge < -0.3 is 15.0 Å². The Hall–Kier alpha value is -0.610. The fourth-order valence-corrected chi connectivity index (χ4v) is 2.29. The third-order valence-corrected chi connectivity index (χ3v) is 3.33. The summed E-state index contributed by atoms with van der Waals surface area (Å²) in [5.41, 5.74) is 0. The Morgan fingerprint density at radius 3 is 2.93 bits per heavy atom. The first-order valence-electron chi connectivity index (χ1n) is 5.80. The van der Waals surface area contributed by atoms with Crippen molar-refractivity contribution in [1.82, 2.24) is 10.2 Å². The van der Waals surface area contributed by atoms with Crippen molar-refractivity contribution in [2.75, 3.05) is 26.3 Å². The first-order chi connectivity index (χ1) is 7.18. The second-order valence-corrected chi connectivity index (χ2v) is 4.71. The maximum atomic E-state index is 12.2. The lowest BCUT2D eigenvalue weighted by Crippen LogP contribution is -2.57. The van der Waals surface area contributed by atoms with Gasteiger partial charge in [-0.05, 0) is 20.3 Å². The highest BCUT2D eigenvalue weighted by Crippen LogP contribution is 2.18. The van der Waals surface area contributed by atoms with E-state index in [-0.39, 0.29) is 11.8 Å². The largest absolute Gasteiger partial charge is 0.381 e. The Morgan fingerprint density at radius 1 is 1.47 bits per heavy atom. The number of carbonyl (C=O) groups excluding carboxylic acids is 1. The van der Waals surface area contributed by atoms with Crippen LogP contribution < -0.4 is 5.32 Å². The number of hydrogen-bond acceptors (Lipinski definition) is 3. The Morgan fingerprint density at radius 2 is 2.27 bits per heavy atom. The van der Waals surface area contributed by atoms with Crippen molar-refractivity contribution in [1.29, 1.82) is 0 Å². The van der Waals surface area contributed by atoms with E-state index in [1.165, 1.54) is 0 Å². The Kier molecular flexibility index (Phi) is 3.26. The van der Waals surface area contributed by atoms with Gasteiger partial charge in [-0.15, -0.1) is 0 Å². The zero-order valence-corrected chi connectivity index (χ0v) is 9.53. The van der Waals surface area contributed by atoms with Crippen LogP contribution in [0.3, 0.4) is 0 Å². The van der Waals surface area contributed by atoms with Crippen molar-refractivity contribution in [2.45, 2.75) is 32.4 Å². The highest BCUT2D eigenvalue weighted by atomic mass is 16.5. The predicted molar refractivity (Wildman–Crippen MR) is 57.6 cm³/mol. The molecule has 15 heavy (non-hydrogen) atoms. The van der Waals surface area contributed by atoms with Gasteiger partial charge >= 0.3 is 0 Å². The molecule has 2 aliphatic rings. The van der Waals surface area contributed by atoms with Gasteiger partial charge in [0.15, 0.2) is 0 Å². The van der Waals surface area contributed by atoms with Crippen LogP contribution in [0.25, 0.3) is 0 Å². The van der Waals surface area contributed by atoms with Crippen molar-refractivity contribution >= 4 is 5.91 Å². The van der Waals surface area contributed by atoms with Crippen LogP contribution in [-0.2, 0) is 9.53 Å². The summed E-state index contributed by atoms with van der Waals surface area (Å²) in [7, 11) is 0. The molecule has 4 heteroatoms. The zero-order valence-electron chi connectivity index (χ0n) is 9.53. The molecule has 0 aromatic rings.